The Hall–Kier alpha value is -2.40. The molecule has 0 fully saturated rings. The smallest absolute Gasteiger partial charge is 0.308 e. The van der Waals surface area contributed by atoms with Crippen LogP contribution in [0.2, 0.25) is 0 Å². The maximum atomic E-state index is 12.8. The van der Waals surface area contributed by atoms with Crippen LogP contribution in [0.1, 0.15) is 18.9 Å². The molecule has 1 unspecified atom stereocenters. The maximum Gasteiger partial charge on any atom is 0.308 e. The van der Waals surface area contributed by atoms with E-state index in [9.17, 15) is 14.3 Å². The van der Waals surface area contributed by atoms with Gasteiger partial charge in [-0.1, -0.05) is 12.1 Å². The molecule has 4 nitrogen and oxygen atoms in total. The molecule has 1 atom stereocenters. The van der Waals surface area contributed by atoms with Crippen molar-refractivity contribution < 1.29 is 23.8 Å². The SMILES string of the molecule is CCOC(=O)CC(O)Cc1ccc(Oc2ccc(F)cc2)cc1. The fourth-order valence-electron chi connectivity index (χ4n) is 2.09. The summed E-state index contributed by atoms with van der Waals surface area (Å²) in [7, 11) is 0. The molecule has 0 aliphatic carbocycles. The first-order valence-corrected chi connectivity index (χ1v) is 7.43. The van der Waals surface area contributed by atoms with Crippen molar-refractivity contribution in [1.29, 1.82) is 0 Å². The molecule has 23 heavy (non-hydrogen) atoms. The molecule has 0 aliphatic heterocycles. The molecule has 0 bridgehead atoms. The summed E-state index contributed by atoms with van der Waals surface area (Å²) in [6.45, 7) is 2.03. The Kier molecular flexibility index (Phi) is 6.11. The van der Waals surface area contributed by atoms with Crippen molar-refractivity contribution in [2.24, 2.45) is 0 Å². The molecule has 0 spiro atoms. The summed E-state index contributed by atoms with van der Waals surface area (Å²) in [6, 6.07) is 12.9. The summed E-state index contributed by atoms with van der Waals surface area (Å²) in [5.41, 5.74) is 0.883. The van der Waals surface area contributed by atoms with E-state index in [1.54, 1.807) is 31.2 Å². The van der Waals surface area contributed by atoms with Crippen LogP contribution in [0.3, 0.4) is 0 Å². The summed E-state index contributed by atoms with van der Waals surface area (Å²) in [4.78, 5) is 11.3. The lowest BCUT2D eigenvalue weighted by molar-refractivity contribution is -0.145. The summed E-state index contributed by atoms with van der Waals surface area (Å²) in [5.74, 6) is 0.432. The van der Waals surface area contributed by atoms with E-state index in [0.717, 1.165) is 5.56 Å². The second-order valence-corrected chi connectivity index (χ2v) is 5.07. The minimum absolute atomic E-state index is 0.0261. The van der Waals surface area contributed by atoms with Gasteiger partial charge in [0.2, 0.25) is 0 Å². The van der Waals surface area contributed by atoms with Gasteiger partial charge in [-0.3, -0.25) is 4.79 Å². The van der Waals surface area contributed by atoms with Crippen molar-refractivity contribution in [2.45, 2.75) is 25.9 Å². The monoisotopic (exact) mass is 318 g/mol. The first kappa shape index (κ1) is 17.0. The highest BCUT2D eigenvalue weighted by molar-refractivity contribution is 5.69. The Morgan fingerprint density at radius 2 is 1.65 bits per heavy atom. The highest BCUT2D eigenvalue weighted by atomic mass is 19.1. The summed E-state index contributed by atoms with van der Waals surface area (Å²) >= 11 is 0. The Balaban J connectivity index is 1.89. The molecule has 2 aromatic carbocycles. The van der Waals surface area contributed by atoms with Gasteiger partial charge in [0.25, 0.3) is 0 Å². The zero-order chi connectivity index (χ0) is 16.7. The average Bonchev–Trinajstić information content (AvgIpc) is 2.51. The standard InChI is InChI=1S/C18H19FO4/c1-2-22-18(21)12-15(20)11-13-3-7-16(8-4-13)23-17-9-5-14(19)6-10-17/h3-10,15,20H,2,11-12H2,1H3. The lowest BCUT2D eigenvalue weighted by Gasteiger charge is -2.11. The first-order chi connectivity index (χ1) is 11.1. The van der Waals surface area contributed by atoms with Crippen molar-refractivity contribution in [3.8, 4) is 11.5 Å². The van der Waals surface area contributed by atoms with E-state index in [1.807, 2.05) is 12.1 Å². The minimum Gasteiger partial charge on any atom is -0.466 e. The topological polar surface area (TPSA) is 55.8 Å². The normalized spacial score (nSPS) is 11.8. The number of ether oxygens (including phenoxy) is 2. The van der Waals surface area contributed by atoms with E-state index in [4.69, 9.17) is 9.47 Å². The number of rotatable bonds is 7. The first-order valence-electron chi connectivity index (χ1n) is 7.43. The molecule has 122 valence electrons. The quantitative estimate of drug-likeness (QED) is 0.794. The Bertz CT molecular complexity index is 622. The third-order valence-corrected chi connectivity index (χ3v) is 3.15. The molecule has 0 amide bonds. The van der Waals surface area contributed by atoms with Crippen LogP contribution in [0.4, 0.5) is 4.39 Å². The van der Waals surface area contributed by atoms with Crippen LogP contribution >= 0.6 is 0 Å². The van der Waals surface area contributed by atoms with Crippen molar-refractivity contribution in [3.63, 3.8) is 0 Å². The fraction of sp³-hybridized carbons (Fsp3) is 0.278. The van der Waals surface area contributed by atoms with Gasteiger partial charge in [-0.05, 0) is 55.3 Å². The molecule has 0 aliphatic rings. The number of carbonyl (C=O) groups excluding carboxylic acids is 1. The number of carbonyl (C=O) groups is 1. The second-order valence-electron chi connectivity index (χ2n) is 5.07. The van der Waals surface area contributed by atoms with E-state index in [0.29, 0.717) is 24.5 Å². The van der Waals surface area contributed by atoms with Crippen LogP contribution in [0.15, 0.2) is 48.5 Å². The van der Waals surface area contributed by atoms with Crippen LogP contribution in [-0.2, 0) is 16.0 Å². The number of aliphatic hydroxyl groups is 1. The molecule has 1 N–H and O–H groups in total. The van der Waals surface area contributed by atoms with Crippen LogP contribution < -0.4 is 4.74 Å². The molecule has 5 heteroatoms. The van der Waals surface area contributed by atoms with E-state index in [1.165, 1.54) is 12.1 Å². The number of hydrogen-bond acceptors (Lipinski definition) is 4. The molecule has 0 saturated heterocycles. The average molecular weight is 318 g/mol. The molecular formula is C18H19FO4. The molecule has 2 rings (SSSR count). The van der Waals surface area contributed by atoms with Gasteiger partial charge in [0.05, 0.1) is 19.1 Å². The van der Waals surface area contributed by atoms with Gasteiger partial charge in [-0.15, -0.1) is 0 Å². The van der Waals surface area contributed by atoms with Crippen molar-refractivity contribution >= 4 is 5.97 Å². The highest BCUT2D eigenvalue weighted by Gasteiger charge is 2.12. The van der Waals surface area contributed by atoms with E-state index in [2.05, 4.69) is 0 Å². The molecule has 0 saturated carbocycles. The van der Waals surface area contributed by atoms with Gasteiger partial charge < -0.3 is 14.6 Å². The Labute approximate surface area is 134 Å². The predicted octanol–water partition coefficient (Wildman–Crippen LogP) is 3.47. The molecule has 0 heterocycles. The van der Waals surface area contributed by atoms with Crippen molar-refractivity contribution in [1.82, 2.24) is 0 Å². The van der Waals surface area contributed by atoms with E-state index in [-0.39, 0.29) is 12.2 Å². The van der Waals surface area contributed by atoms with Crippen LogP contribution in [-0.4, -0.2) is 23.8 Å². The molecular weight excluding hydrogens is 299 g/mol. The number of benzene rings is 2. The second kappa shape index (κ2) is 8.29. The highest BCUT2D eigenvalue weighted by Crippen LogP contribution is 2.22. The number of hydrogen-bond donors (Lipinski definition) is 1. The number of esters is 1. The maximum absolute atomic E-state index is 12.8. The van der Waals surface area contributed by atoms with Gasteiger partial charge in [-0.2, -0.15) is 0 Å². The minimum atomic E-state index is -0.780. The van der Waals surface area contributed by atoms with E-state index < -0.39 is 12.1 Å². The van der Waals surface area contributed by atoms with Crippen molar-refractivity contribution in [3.05, 3.63) is 59.9 Å². The van der Waals surface area contributed by atoms with Crippen LogP contribution in [0, 0.1) is 5.82 Å². The van der Waals surface area contributed by atoms with Crippen LogP contribution in [0.5, 0.6) is 11.5 Å². The lowest BCUT2D eigenvalue weighted by atomic mass is 10.1. The third-order valence-electron chi connectivity index (χ3n) is 3.15. The molecule has 0 aromatic heterocycles. The van der Waals surface area contributed by atoms with Gasteiger partial charge in [-0.25, -0.2) is 4.39 Å². The van der Waals surface area contributed by atoms with Crippen molar-refractivity contribution in [2.75, 3.05) is 6.61 Å². The third kappa shape index (κ3) is 5.71. The summed E-state index contributed by atoms with van der Waals surface area (Å²) in [5, 5.41) is 9.86. The zero-order valence-electron chi connectivity index (χ0n) is 12.9. The number of aliphatic hydroxyl groups excluding tert-OH is 1. The zero-order valence-corrected chi connectivity index (χ0v) is 12.9. The largest absolute Gasteiger partial charge is 0.466 e. The van der Waals surface area contributed by atoms with Gasteiger partial charge in [0.15, 0.2) is 0 Å². The summed E-state index contributed by atoms with van der Waals surface area (Å²) < 4.78 is 23.2. The Morgan fingerprint density at radius 3 is 2.22 bits per heavy atom. The fourth-order valence-corrected chi connectivity index (χ4v) is 2.09. The molecule has 2 aromatic rings. The Morgan fingerprint density at radius 1 is 1.09 bits per heavy atom. The van der Waals surface area contributed by atoms with Crippen LogP contribution in [0.25, 0.3) is 0 Å². The van der Waals surface area contributed by atoms with Gasteiger partial charge in [0, 0.05) is 0 Å². The molecule has 0 radical (unpaired) electrons. The predicted molar refractivity (Wildman–Crippen MR) is 83.9 cm³/mol. The van der Waals surface area contributed by atoms with E-state index >= 15 is 0 Å². The summed E-state index contributed by atoms with van der Waals surface area (Å²) in [6.07, 6.45) is -0.449. The van der Waals surface area contributed by atoms with Gasteiger partial charge >= 0.3 is 5.97 Å². The van der Waals surface area contributed by atoms with Gasteiger partial charge in [0.1, 0.15) is 17.3 Å². The lowest BCUT2D eigenvalue weighted by Crippen LogP contribution is -2.18. The number of halogens is 1.